The fraction of sp³-hybridized carbons (Fsp3) is 0.643. The van der Waals surface area contributed by atoms with E-state index >= 15 is 0 Å². The molecule has 0 amide bonds. The van der Waals surface area contributed by atoms with Gasteiger partial charge in [-0.2, -0.15) is 4.98 Å². The highest BCUT2D eigenvalue weighted by Gasteiger charge is 2.26. The van der Waals surface area contributed by atoms with Gasteiger partial charge in [-0.25, -0.2) is 9.65 Å². The van der Waals surface area contributed by atoms with Gasteiger partial charge in [0.05, 0.1) is 19.1 Å². The van der Waals surface area contributed by atoms with E-state index in [1.54, 1.807) is 4.67 Å². The second-order valence-electron chi connectivity index (χ2n) is 5.72. The number of fused-ring (bicyclic) bond motifs is 1. The molecular weight excluding hydrogens is 347 g/mol. The number of nitrogens with zero attached hydrogens (tertiary/aromatic N) is 4. The smallest absolute Gasteiger partial charge is 0.280 e. The summed E-state index contributed by atoms with van der Waals surface area (Å²) in [5, 5.41) is 0. The van der Waals surface area contributed by atoms with Crippen LogP contribution in [-0.2, 0) is 16.0 Å². The number of nitrogens with two attached hydrogens (primary N) is 1. The second-order valence-corrected chi connectivity index (χ2v) is 8.06. The Labute approximate surface area is 145 Å². The molecule has 0 saturated carbocycles. The van der Waals surface area contributed by atoms with Crippen molar-refractivity contribution in [1.82, 2.24) is 24.2 Å². The van der Waals surface area contributed by atoms with Crippen molar-refractivity contribution in [3.05, 3.63) is 16.7 Å². The van der Waals surface area contributed by atoms with Gasteiger partial charge in [-0.3, -0.25) is 18.9 Å². The van der Waals surface area contributed by atoms with Crippen LogP contribution in [-0.4, -0.2) is 54.9 Å². The van der Waals surface area contributed by atoms with E-state index in [9.17, 15) is 14.3 Å². The minimum absolute atomic E-state index is 0.00566. The highest BCUT2D eigenvalue weighted by atomic mass is 31.2. The molecule has 0 fully saturated rings. The standard InChI is InChI=1S/C14H25N6O4P/c1-3-5-20(6-4-2)25(22,23)8-7-24-10-19-9-16-11-12(19)17-14(15)18-13(11)21/h9H,3-8,10H2,1-2H3,(H,22,23)(H3,15,17,18,21). The van der Waals surface area contributed by atoms with E-state index in [2.05, 4.69) is 15.0 Å². The van der Waals surface area contributed by atoms with Gasteiger partial charge < -0.3 is 15.4 Å². The van der Waals surface area contributed by atoms with E-state index in [0.29, 0.717) is 18.7 Å². The Hall–Kier alpha value is -1.74. The van der Waals surface area contributed by atoms with Crippen LogP contribution in [0.2, 0.25) is 0 Å². The van der Waals surface area contributed by atoms with Gasteiger partial charge in [0.25, 0.3) is 13.1 Å². The zero-order valence-corrected chi connectivity index (χ0v) is 15.4. The quantitative estimate of drug-likeness (QED) is 0.414. The van der Waals surface area contributed by atoms with Crippen LogP contribution in [0.5, 0.6) is 0 Å². The van der Waals surface area contributed by atoms with Gasteiger partial charge in [0.15, 0.2) is 11.2 Å². The summed E-state index contributed by atoms with van der Waals surface area (Å²) in [7, 11) is -3.41. The van der Waals surface area contributed by atoms with E-state index in [0.717, 1.165) is 12.8 Å². The molecule has 1 atom stereocenters. The summed E-state index contributed by atoms with van der Waals surface area (Å²) in [6.45, 7) is 5.29. The molecule has 0 aliphatic carbocycles. The molecule has 10 nitrogen and oxygen atoms in total. The largest absolute Gasteiger partial charge is 0.369 e. The zero-order chi connectivity index (χ0) is 18.4. The topological polar surface area (TPSA) is 139 Å². The van der Waals surface area contributed by atoms with Crippen LogP contribution in [0.15, 0.2) is 11.1 Å². The molecule has 0 saturated heterocycles. The number of aromatic amines is 1. The molecule has 2 aromatic heterocycles. The molecule has 0 radical (unpaired) electrons. The molecular formula is C14H25N6O4P. The van der Waals surface area contributed by atoms with Gasteiger partial charge in [0.2, 0.25) is 5.95 Å². The molecule has 140 valence electrons. The average molecular weight is 372 g/mol. The lowest BCUT2D eigenvalue weighted by atomic mass is 10.4. The fourth-order valence-electron chi connectivity index (χ4n) is 2.49. The van der Waals surface area contributed by atoms with E-state index in [4.69, 9.17) is 10.5 Å². The van der Waals surface area contributed by atoms with Crippen LogP contribution in [0.4, 0.5) is 5.95 Å². The van der Waals surface area contributed by atoms with E-state index < -0.39 is 13.1 Å². The van der Waals surface area contributed by atoms with E-state index in [-0.39, 0.29) is 31.0 Å². The molecule has 1 unspecified atom stereocenters. The minimum atomic E-state index is -3.41. The van der Waals surface area contributed by atoms with Crippen molar-refractivity contribution < 1.29 is 14.2 Å². The molecule has 0 spiro atoms. The summed E-state index contributed by atoms with van der Waals surface area (Å²) in [6.07, 6.45) is 3.09. The van der Waals surface area contributed by atoms with Crippen LogP contribution in [0.1, 0.15) is 26.7 Å². The van der Waals surface area contributed by atoms with Crippen LogP contribution in [0.3, 0.4) is 0 Å². The maximum Gasteiger partial charge on any atom is 0.280 e. The van der Waals surface area contributed by atoms with Crippen LogP contribution < -0.4 is 11.3 Å². The maximum absolute atomic E-state index is 12.5. The van der Waals surface area contributed by atoms with Gasteiger partial charge in [0, 0.05) is 13.1 Å². The van der Waals surface area contributed by atoms with Crippen LogP contribution in [0.25, 0.3) is 11.2 Å². The first-order valence-electron chi connectivity index (χ1n) is 8.24. The summed E-state index contributed by atoms with van der Waals surface area (Å²) in [4.78, 5) is 32.3. The Morgan fingerprint density at radius 3 is 2.72 bits per heavy atom. The van der Waals surface area contributed by atoms with Crippen LogP contribution >= 0.6 is 7.52 Å². The first-order chi connectivity index (χ1) is 11.9. The summed E-state index contributed by atoms with van der Waals surface area (Å²) in [5.74, 6) is -0.00566. The number of aromatic nitrogens is 4. The normalized spacial score (nSPS) is 14.2. The third kappa shape index (κ3) is 4.88. The summed E-state index contributed by atoms with van der Waals surface area (Å²) in [6, 6.07) is 0. The lowest BCUT2D eigenvalue weighted by Gasteiger charge is -2.26. The van der Waals surface area contributed by atoms with Gasteiger partial charge in [-0.05, 0) is 12.8 Å². The maximum atomic E-state index is 12.5. The van der Waals surface area contributed by atoms with E-state index in [1.165, 1.54) is 10.9 Å². The van der Waals surface area contributed by atoms with Crippen molar-refractivity contribution in [2.45, 2.75) is 33.4 Å². The monoisotopic (exact) mass is 372 g/mol. The number of rotatable bonds is 10. The molecule has 0 bridgehead atoms. The first-order valence-corrected chi connectivity index (χ1v) is 10.0. The van der Waals surface area contributed by atoms with E-state index in [1.807, 2.05) is 13.8 Å². The summed E-state index contributed by atoms with van der Waals surface area (Å²) >= 11 is 0. The lowest BCUT2D eigenvalue weighted by Crippen LogP contribution is -2.25. The van der Waals surface area contributed by atoms with Crippen molar-refractivity contribution in [2.24, 2.45) is 0 Å². The molecule has 11 heteroatoms. The lowest BCUT2D eigenvalue weighted by molar-refractivity contribution is 0.0893. The third-order valence-electron chi connectivity index (χ3n) is 3.66. The molecule has 4 N–H and O–H groups in total. The van der Waals surface area contributed by atoms with Crippen molar-refractivity contribution in [2.75, 3.05) is 31.6 Å². The molecule has 2 aromatic rings. The van der Waals surface area contributed by atoms with Crippen molar-refractivity contribution in [3.63, 3.8) is 0 Å². The Morgan fingerprint density at radius 2 is 2.08 bits per heavy atom. The number of anilines is 1. The fourth-order valence-corrected chi connectivity index (χ4v) is 4.17. The third-order valence-corrected chi connectivity index (χ3v) is 5.70. The second kappa shape index (κ2) is 8.57. The summed E-state index contributed by atoms with van der Waals surface area (Å²) < 4.78 is 21.1. The van der Waals surface area contributed by atoms with Crippen molar-refractivity contribution in [3.8, 4) is 0 Å². The number of nitrogens with one attached hydrogen (secondary N) is 1. The first kappa shape index (κ1) is 19.6. The highest BCUT2D eigenvalue weighted by molar-refractivity contribution is 7.55. The average Bonchev–Trinajstić information content (AvgIpc) is 2.94. The van der Waals surface area contributed by atoms with Gasteiger partial charge in [0.1, 0.15) is 6.73 Å². The number of ether oxygens (including phenoxy) is 1. The molecule has 0 aliphatic heterocycles. The van der Waals surface area contributed by atoms with Gasteiger partial charge >= 0.3 is 0 Å². The predicted octanol–water partition coefficient (Wildman–Crippen LogP) is 0.983. The number of hydrogen-bond donors (Lipinski definition) is 3. The SMILES string of the molecule is CCCN(CCC)P(=O)(O)CCOCn1cnc2c(=O)[nH]c(N)nc21. The molecule has 0 aliphatic rings. The number of H-pyrrole nitrogens is 1. The molecule has 2 rings (SSSR count). The van der Waals surface area contributed by atoms with Crippen molar-refractivity contribution in [1.29, 1.82) is 0 Å². The Balaban J connectivity index is 1.95. The van der Waals surface area contributed by atoms with Crippen molar-refractivity contribution >= 4 is 24.6 Å². The molecule has 2 heterocycles. The highest BCUT2D eigenvalue weighted by Crippen LogP contribution is 2.44. The zero-order valence-electron chi connectivity index (χ0n) is 14.5. The summed E-state index contributed by atoms with van der Waals surface area (Å²) in [5.41, 5.74) is 5.59. The van der Waals surface area contributed by atoms with Gasteiger partial charge in [-0.1, -0.05) is 13.8 Å². The Kier molecular flexibility index (Phi) is 6.71. The van der Waals surface area contributed by atoms with Crippen LogP contribution in [0, 0.1) is 0 Å². The Bertz CT molecular complexity index is 798. The van der Waals surface area contributed by atoms with Gasteiger partial charge in [-0.15, -0.1) is 0 Å². The molecule has 25 heavy (non-hydrogen) atoms. The number of hydrogen-bond acceptors (Lipinski definition) is 6. The predicted molar refractivity (Wildman–Crippen MR) is 95.4 cm³/mol. The Morgan fingerprint density at radius 1 is 1.40 bits per heavy atom. The molecule has 0 aromatic carbocycles. The minimum Gasteiger partial charge on any atom is -0.369 e. The number of imidazole rings is 1. The number of nitrogen functional groups attached to an aromatic ring is 1.